The second-order valence-corrected chi connectivity index (χ2v) is 13.7. The van der Waals surface area contributed by atoms with Crippen molar-refractivity contribution in [2.75, 3.05) is 13.2 Å². The van der Waals surface area contributed by atoms with Crippen molar-refractivity contribution in [3.05, 3.63) is 60.7 Å². The van der Waals surface area contributed by atoms with Crippen molar-refractivity contribution in [1.29, 1.82) is 0 Å². The van der Waals surface area contributed by atoms with E-state index in [0.29, 0.717) is 0 Å². The van der Waals surface area contributed by atoms with Crippen LogP contribution in [-0.2, 0) is 23.5 Å². The maximum atomic E-state index is 12.0. The van der Waals surface area contributed by atoms with Gasteiger partial charge in [-0.15, -0.1) is 0 Å². The summed E-state index contributed by atoms with van der Waals surface area (Å²) in [5.41, 5.74) is 0. The van der Waals surface area contributed by atoms with Gasteiger partial charge < -0.3 is 29.2 Å². The van der Waals surface area contributed by atoms with Gasteiger partial charge in [0.05, 0.1) is 6.61 Å². The van der Waals surface area contributed by atoms with E-state index >= 15 is 0 Å². The van der Waals surface area contributed by atoms with Crippen molar-refractivity contribution in [2.45, 2.75) is 64.1 Å². The zero-order valence-corrected chi connectivity index (χ0v) is 21.9. The van der Waals surface area contributed by atoms with Gasteiger partial charge in [0.25, 0.3) is 8.32 Å². The van der Waals surface area contributed by atoms with Crippen LogP contribution in [0.1, 0.15) is 34.6 Å². The van der Waals surface area contributed by atoms with Gasteiger partial charge in [0.1, 0.15) is 24.9 Å². The molecule has 2 aromatic carbocycles. The lowest BCUT2D eigenvalue weighted by molar-refractivity contribution is -0.173. The lowest BCUT2D eigenvalue weighted by atomic mass is 10.0. The third kappa shape index (κ3) is 6.99. The largest absolute Gasteiger partial charge is 0.462 e. The minimum absolute atomic E-state index is 0.396. The summed E-state index contributed by atoms with van der Waals surface area (Å²) in [7, 11) is -3.29. The molecular formula is C26H36O8Si. The van der Waals surface area contributed by atoms with Gasteiger partial charge in [-0.25, -0.2) is 0 Å². The van der Waals surface area contributed by atoms with Gasteiger partial charge in [-0.2, -0.15) is 0 Å². The lowest BCUT2D eigenvalue weighted by Gasteiger charge is -2.47. The molecule has 0 spiro atoms. The molecule has 0 saturated heterocycles. The summed E-state index contributed by atoms with van der Waals surface area (Å²) in [4.78, 5) is 23.5. The highest BCUT2D eigenvalue weighted by Crippen LogP contribution is 2.38. The molecule has 2 rings (SSSR count). The summed E-state index contributed by atoms with van der Waals surface area (Å²) in [5.74, 6) is -1.28. The Labute approximate surface area is 207 Å². The second-order valence-electron chi connectivity index (χ2n) is 9.44. The molecule has 0 heterocycles. The zero-order chi connectivity index (χ0) is 26.2. The lowest BCUT2D eigenvalue weighted by Crippen LogP contribution is -2.70. The molecule has 35 heavy (non-hydrogen) atoms. The van der Waals surface area contributed by atoms with Gasteiger partial charge in [-0.1, -0.05) is 81.4 Å². The van der Waals surface area contributed by atoms with E-state index in [9.17, 15) is 24.9 Å². The van der Waals surface area contributed by atoms with Crippen LogP contribution in [0.2, 0.25) is 5.04 Å². The minimum atomic E-state index is -3.29. The summed E-state index contributed by atoms with van der Waals surface area (Å²) < 4.78 is 17.5. The van der Waals surface area contributed by atoms with Crippen molar-refractivity contribution >= 4 is 30.6 Å². The van der Waals surface area contributed by atoms with Crippen LogP contribution in [0.3, 0.4) is 0 Å². The Morgan fingerprint density at radius 1 is 0.886 bits per heavy atom. The monoisotopic (exact) mass is 504 g/mol. The Hall–Kier alpha value is -2.56. The fourth-order valence-electron chi connectivity index (χ4n) is 4.20. The van der Waals surface area contributed by atoms with Gasteiger partial charge in [0.15, 0.2) is 6.10 Å². The van der Waals surface area contributed by atoms with Crippen LogP contribution >= 0.6 is 0 Å². The number of rotatable bonds is 11. The predicted octanol–water partition coefficient (Wildman–Crippen LogP) is 1.14. The molecule has 0 amide bonds. The van der Waals surface area contributed by atoms with E-state index in [1.807, 2.05) is 81.4 Å². The average molecular weight is 505 g/mol. The Balaban J connectivity index is 2.77. The van der Waals surface area contributed by atoms with Crippen molar-refractivity contribution in [3.8, 4) is 0 Å². The summed E-state index contributed by atoms with van der Waals surface area (Å²) in [6, 6.07) is 19.1. The summed E-state index contributed by atoms with van der Waals surface area (Å²) >= 11 is 0. The topological polar surface area (TPSA) is 123 Å². The first-order valence-electron chi connectivity index (χ1n) is 11.5. The van der Waals surface area contributed by atoms with E-state index in [-0.39, 0.29) is 0 Å². The van der Waals surface area contributed by atoms with Crippen LogP contribution in [0, 0.1) is 0 Å². The van der Waals surface area contributed by atoms with Crippen LogP contribution in [-0.4, -0.2) is 73.2 Å². The molecular weight excluding hydrogens is 468 g/mol. The van der Waals surface area contributed by atoms with Crippen LogP contribution in [0.25, 0.3) is 0 Å². The third-order valence-corrected chi connectivity index (χ3v) is 10.8. The number of aliphatic hydroxyl groups excluding tert-OH is 3. The van der Waals surface area contributed by atoms with E-state index in [4.69, 9.17) is 13.9 Å². The molecule has 3 N–H and O–H groups in total. The predicted molar refractivity (Wildman–Crippen MR) is 134 cm³/mol. The van der Waals surface area contributed by atoms with Crippen molar-refractivity contribution < 1.29 is 38.8 Å². The molecule has 0 fully saturated rings. The van der Waals surface area contributed by atoms with Gasteiger partial charge in [0, 0.05) is 13.8 Å². The molecule has 0 aromatic heterocycles. The second kappa shape index (κ2) is 12.4. The highest BCUT2D eigenvalue weighted by Gasteiger charge is 2.54. The third-order valence-electron chi connectivity index (χ3n) is 5.78. The highest BCUT2D eigenvalue weighted by molar-refractivity contribution is 6.99. The minimum Gasteiger partial charge on any atom is -0.462 e. The molecule has 192 valence electrons. The SMILES string of the molecule is CC(=O)OC[C@@H](OC(C)=O)[C@@H](O[Si](c1ccccc1)(c1ccccc1)C(C)(C)C)[C@H](O)[C@H](O)CO. The van der Waals surface area contributed by atoms with Crippen LogP contribution in [0.15, 0.2) is 60.7 Å². The van der Waals surface area contributed by atoms with E-state index in [2.05, 4.69) is 0 Å². The van der Waals surface area contributed by atoms with E-state index in [0.717, 1.165) is 10.4 Å². The van der Waals surface area contributed by atoms with Gasteiger partial charge in [0.2, 0.25) is 0 Å². The number of aliphatic hydroxyl groups is 3. The Kier molecular flexibility index (Phi) is 10.2. The van der Waals surface area contributed by atoms with Crippen molar-refractivity contribution in [3.63, 3.8) is 0 Å². The Morgan fingerprint density at radius 3 is 1.74 bits per heavy atom. The van der Waals surface area contributed by atoms with Gasteiger partial charge >= 0.3 is 11.9 Å². The van der Waals surface area contributed by atoms with E-state index in [1.165, 1.54) is 13.8 Å². The molecule has 8 nitrogen and oxygen atoms in total. The molecule has 0 aliphatic heterocycles. The summed E-state index contributed by atoms with van der Waals surface area (Å²) in [6.07, 6.45) is -5.81. The number of hydrogen-bond acceptors (Lipinski definition) is 8. The number of esters is 2. The Bertz CT molecular complexity index is 905. The van der Waals surface area contributed by atoms with Gasteiger partial charge in [-0.05, 0) is 15.4 Å². The van der Waals surface area contributed by atoms with Crippen LogP contribution in [0.4, 0.5) is 0 Å². The smallest absolute Gasteiger partial charge is 0.303 e. The molecule has 0 unspecified atom stereocenters. The first-order valence-corrected chi connectivity index (χ1v) is 13.4. The standard InChI is InChI=1S/C26H36O8Si/c1-18(28)32-17-23(33-19(2)29)25(24(31)22(30)16-27)34-35(26(3,4)5,20-12-8-6-9-13-20)21-14-10-7-11-15-21/h6-15,22-25,27,30-31H,16-17H2,1-5H3/t22-,23-,24-,25-/m1/s1. The molecule has 0 saturated carbocycles. The van der Waals surface area contributed by atoms with Crippen LogP contribution in [0.5, 0.6) is 0 Å². The number of ether oxygens (including phenoxy) is 2. The zero-order valence-electron chi connectivity index (χ0n) is 20.9. The van der Waals surface area contributed by atoms with Crippen molar-refractivity contribution in [2.24, 2.45) is 0 Å². The maximum absolute atomic E-state index is 12.0. The molecule has 0 aliphatic carbocycles. The maximum Gasteiger partial charge on any atom is 0.303 e. The first-order chi connectivity index (χ1) is 16.4. The Morgan fingerprint density at radius 2 is 1.37 bits per heavy atom. The fourth-order valence-corrected chi connectivity index (χ4v) is 8.91. The molecule has 0 radical (unpaired) electrons. The molecule has 2 aromatic rings. The van der Waals surface area contributed by atoms with Crippen LogP contribution < -0.4 is 10.4 Å². The fraction of sp³-hybridized carbons (Fsp3) is 0.462. The quantitative estimate of drug-likeness (QED) is 0.308. The van der Waals surface area contributed by atoms with Gasteiger partial charge in [-0.3, -0.25) is 9.59 Å². The molecule has 0 bridgehead atoms. The number of hydrogen-bond donors (Lipinski definition) is 3. The number of carbonyl (C=O) groups is 2. The first kappa shape index (κ1) is 28.7. The number of benzene rings is 2. The highest BCUT2D eigenvalue weighted by atomic mass is 28.4. The van der Waals surface area contributed by atoms with E-state index < -0.39 is 62.9 Å². The molecule has 4 atom stereocenters. The van der Waals surface area contributed by atoms with E-state index in [1.54, 1.807) is 0 Å². The number of carbonyl (C=O) groups excluding carboxylic acids is 2. The molecule has 9 heteroatoms. The summed E-state index contributed by atoms with van der Waals surface area (Å²) in [5, 5.41) is 32.4. The van der Waals surface area contributed by atoms with Crippen molar-refractivity contribution in [1.82, 2.24) is 0 Å². The average Bonchev–Trinajstić information content (AvgIpc) is 2.82. The normalized spacial score (nSPS) is 15.5. The molecule has 0 aliphatic rings. The summed E-state index contributed by atoms with van der Waals surface area (Å²) in [6.45, 7) is 7.33.